The molecule has 0 spiro atoms. The van der Waals surface area contributed by atoms with Gasteiger partial charge in [0.1, 0.15) is 6.04 Å². The maximum Gasteiger partial charge on any atom is 0.251 e. The predicted molar refractivity (Wildman–Crippen MR) is 92.8 cm³/mol. The summed E-state index contributed by atoms with van der Waals surface area (Å²) in [6, 6.07) is 10.6. The van der Waals surface area contributed by atoms with E-state index in [9.17, 15) is 4.79 Å². The zero-order valence-electron chi connectivity index (χ0n) is 14.5. The molecule has 2 heterocycles. The van der Waals surface area contributed by atoms with E-state index in [4.69, 9.17) is 8.94 Å². The Balaban J connectivity index is 1.82. The lowest BCUT2D eigenvalue weighted by molar-refractivity contribution is 0.0910. The summed E-state index contributed by atoms with van der Waals surface area (Å²) in [6.45, 7) is 6.08. The van der Waals surface area contributed by atoms with Crippen molar-refractivity contribution in [3.05, 3.63) is 59.7 Å². The highest BCUT2D eigenvalue weighted by Crippen LogP contribution is 2.26. The van der Waals surface area contributed by atoms with Gasteiger partial charge < -0.3 is 14.3 Å². The summed E-state index contributed by atoms with van der Waals surface area (Å²) in [4.78, 5) is 17.0. The average Bonchev–Trinajstić information content (AvgIpc) is 3.30. The van der Waals surface area contributed by atoms with E-state index < -0.39 is 0 Å². The van der Waals surface area contributed by atoms with Crippen LogP contribution in [0.4, 0.5) is 0 Å². The van der Waals surface area contributed by atoms with Crippen LogP contribution in [-0.2, 0) is 0 Å². The average molecular weight is 339 g/mol. The summed E-state index contributed by atoms with van der Waals surface area (Å²) in [6.07, 6.45) is 2.41. The molecule has 0 saturated heterocycles. The number of amides is 1. The minimum Gasteiger partial charge on any atom is -0.461 e. The molecule has 1 N–H and O–H groups in total. The third-order valence-electron chi connectivity index (χ3n) is 4.26. The standard InChI is InChI=1S/C19H21N3O3/c1-4-13(3)16(20-18(23)14-9-7-12(2)8-10-14)19-21-17(22-25-19)15-6-5-11-24-15/h5-11,13,16H,4H2,1-3H3,(H,20,23)/t13-,16+/m0/s1. The molecule has 0 unspecified atom stereocenters. The van der Waals surface area contributed by atoms with Gasteiger partial charge in [-0.2, -0.15) is 4.98 Å². The summed E-state index contributed by atoms with van der Waals surface area (Å²) in [7, 11) is 0. The van der Waals surface area contributed by atoms with E-state index in [0.29, 0.717) is 23.0 Å². The van der Waals surface area contributed by atoms with Crippen LogP contribution in [0, 0.1) is 12.8 Å². The number of hydrogen-bond donors (Lipinski definition) is 1. The molecule has 0 aliphatic heterocycles. The highest BCUT2D eigenvalue weighted by Gasteiger charge is 2.27. The van der Waals surface area contributed by atoms with Gasteiger partial charge in [0.2, 0.25) is 11.7 Å². The summed E-state index contributed by atoms with van der Waals surface area (Å²) in [5.74, 6) is 1.25. The number of furan rings is 1. The molecule has 0 bridgehead atoms. The Hall–Kier alpha value is -2.89. The van der Waals surface area contributed by atoms with Gasteiger partial charge in [0.25, 0.3) is 5.91 Å². The van der Waals surface area contributed by atoms with Gasteiger partial charge in [0.15, 0.2) is 5.76 Å². The maximum atomic E-state index is 12.6. The zero-order chi connectivity index (χ0) is 17.8. The van der Waals surface area contributed by atoms with E-state index in [1.165, 1.54) is 0 Å². The lowest BCUT2D eigenvalue weighted by Crippen LogP contribution is -2.32. The number of aryl methyl sites for hydroxylation is 1. The molecule has 25 heavy (non-hydrogen) atoms. The number of aromatic nitrogens is 2. The van der Waals surface area contributed by atoms with Crippen LogP contribution in [0.3, 0.4) is 0 Å². The smallest absolute Gasteiger partial charge is 0.251 e. The Morgan fingerprint density at radius 3 is 2.64 bits per heavy atom. The molecule has 0 radical (unpaired) electrons. The molecule has 3 rings (SSSR count). The molecule has 6 heteroatoms. The highest BCUT2D eigenvalue weighted by molar-refractivity contribution is 5.94. The van der Waals surface area contributed by atoms with Crippen molar-refractivity contribution in [2.75, 3.05) is 0 Å². The van der Waals surface area contributed by atoms with Gasteiger partial charge in [-0.1, -0.05) is 43.1 Å². The van der Waals surface area contributed by atoms with Crippen LogP contribution in [0.2, 0.25) is 0 Å². The van der Waals surface area contributed by atoms with Gasteiger partial charge >= 0.3 is 0 Å². The summed E-state index contributed by atoms with van der Waals surface area (Å²) in [5, 5.41) is 6.97. The van der Waals surface area contributed by atoms with Crippen LogP contribution in [0.5, 0.6) is 0 Å². The molecule has 0 aliphatic rings. The van der Waals surface area contributed by atoms with Gasteiger partial charge in [-0.3, -0.25) is 4.79 Å². The number of rotatable bonds is 6. The monoisotopic (exact) mass is 339 g/mol. The second-order valence-electron chi connectivity index (χ2n) is 6.14. The summed E-state index contributed by atoms with van der Waals surface area (Å²) >= 11 is 0. The van der Waals surface area contributed by atoms with Gasteiger partial charge in [-0.25, -0.2) is 0 Å². The third kappa shape index (κ3) is 3.79. The van der Waals surface area contributed by atoms with Crippen molar-refractivity contribution < 1.29 is 13.7 Å². The molecular weight excluding hydrogens is 318 g/mol. The first-order valence-electron chi connectivity index (χ1n) is 8.33. The molecule has 1 amide bonds. The Morgan fingerprint density at radius 1 is 1.24 bits per heavy atom. The number of benzene rings is 1. The van der Waals surface area contributed by atoms with Gasteiger partial charge in [-0.05, 0) is 37.1 Å². The van der Waals surface area contributed by atoms with Crippen molar-refractivity contribution in [2.45, 2.75) is 33.2 Å². The van der Waals surface area contributed by atoms with Gasteiger partial charge in [-0.15, -0.1) is 0 Å². The molecule has 6 nitrogen and oxygen atoms in total. The molecule has 3 aromatic rings. The van der Waals surface area contributed by atoms with Gasteiger partial charge in [0.05, 0.1) is 6.26 Å². The van der Waals surface area contributed by atoms with E-state index in [1.54, 1.807) is 30.5 Å². The quantitative estimate of drug-likeness (QED) is 0.729. The molecular formula is C19H21N3O3. The topological polar surface area (TPSA) is 81.2 Å². The number of hydrogen-bond acceptors (Lipinski definition) is 5. The van der Waals surface area contributed by atoms with Crippen LogP contribution in [0.1, 0.15) is 48.1 Å². The Morgan fingerprint density at radius 2 is 2.00 bits per heavy atom. The van der Waals surface area contributed by atoms with Crippen LogP contribution < -0.4 is 5.32 Å². The SMILES string of the molecule is CC[C@H](C)[C@@H](NC(=O)c1ccc(C)cc1)c1nc(-c2ccco2)no1. The molecule has 130 valence electrons. The number of carbonyl (C=O) groups is 1. The largest absolute Gasteiger partial charge is 0.461 e. The van der Waals surface area contributed by atoms with Crippen molar-refractivity contribution in [3.63, 3.8) is 0 Å². The van der Waals surface area contributed by atoms with Crippen molar-refractivity contribution >= 4 is 5.91 Å². The lowest BCUT2D eigenvalue weighted by atomic mass is 9.98. The molecule has 0 aliphatic carbocycles. The fourth-order valence-corrected chi connectivity index (χ4v) is 2.48. The first-order chi connectivity index (χ1) is 12.1. The van der Waals surface area contributed by atoms with Crippen LogP contribution in [0.15, 0.2) is 51.6 Å². The van der Waals surface area contributed by atoms with Crippen molar-refractivity contribution in [1.82, 2.24) is 15.5 Å². The fourth-order valence-electron chi connectivity index (χ4n) is 2.48. The Bertz CT molecular complexity index is 822. The van der Waals surface area contributed by atoms with E-state index in [2.05, 4.69) is 22.4 Å². The highest BCUT2D eigenvalue weighted by atomic mass is 16.5. The Labute approximate surface area is 146 Å². The minimum absolute atomic E-state index is 0.138. The van der Waals surface area contributed by atoms with Gasteiger partial charge in [0, 0.05) is 5.56 Å². The van der Waals surface area contributed by atoms with Crippen LogP contribution in [-0.4, -0.2) is 16.0 Å². The fraction of sp³-hybridized carbons (Fsp3) is 0.316. The number of nitrogens with one attached hydrogen (secondary N) is 1. The van der Waals surface area contributed by atoms with E-state index in [1.807, 2.05) is 26.0 Å². The van der Waals surface area contributed by atoms with E-state index in [0.717, 1.165) is 12.0 Å². The second-order valence-corrected chi connectivity index (χ2v) is 6.14. The first-order valence-corrected chi connectivity index (χ1v) is 8.33. The first kappa shape index (κ1) is 17.0. The molecule has 2 aromatic heterocycles. The predicted octanol–water partition coefficient (Wildman–Crippen LogP) is 4.16. The molecule has 2 atom stereocenters. The zero-order valence-corrected chi connectivity index (χ0v) is 14.5. The Kier molecular flexibility index (Phi) is 4.97. The van der Waals surface area contributed by atoms with Crippen molar-refractivity contribution in [2.24, 2.45) is 5.92 Å². The third-order valence-corrected chi connectivity index (χ3v) is 4.26. The summed E-state index contributed by atoms with van der Waals surface area (Å²) < 4.78 is 10.7. The maximum absolute atomic E-state index is 12.6. The molecule has 1 aromatic carbocycles. The van der Waals surface area contributed by atoms with Crippen LogP contribution in [0.25, 0.3) is 11.6 Å². The van der Waals surface area contributed by atoms with Crippen molar-refractivity contribution in [3.8, 4) is 11.6 Å². The number of carbonyl (C=O) groups excluding carboxylic acids is 1. The number of nitrogens with zero attached hydrogens (tertiary/aromatic N) is 2. The minimum atomic E-state index is -0.366. The van der Waals surface area contributed by atoms with E-state index in [-0.39, 0.29) is 17.9 Å². The molecule has 0 saturated carbocycles. The van der Waals surface area contributed by atoms with E-state index >= 15 is 0 Å². The summed E-state index contributed by atoms with van der Waals surface area (Å²) in [5.41, 5.74) is 1.71. The van der Waals surface area contributed by atoms with Crippen LogP contribution >= 0.6 is 0 Å². The second kappa shape index (κ2) is 7.34. The normalized spacial score (nSPS) is 13.4. The van der Waals surface area contributed by atoms with Crippen molar-refractivity contribution in [1.29, 1.82) is 0 Å². The lowest BCUT2D eigenvalue weighted by Gasteiger charge is -2.20. The molecule has 0 fully saturated rings.